The Morgan fingerprint density at radius 1 is 1.14 bits per heavy atom. The van der Waals surface area contributed by atoms with Crippen molar-refractivity contribution in [2.75, 3.05) is 19.6 Å². The summed E-state index contributed by atoms with van der Waals surface area (Å²) >= 11 is 1.26. The number of sulfonamides is 1. The maximum Gasteiger partial charge on any atom is 0.252 e. The molecular weight excluding hydrogens is 340 g/mol. The van der Waals surface area contributed by atoms with Gasteiger partial charge < -0.3 is 5.73 Å². The monoisotopic (exact) mass is 358 g/mol. The molecule has 0 amide bonds. The largest absolute Gasteiger partial charge is 0.330 e. The first-order valence-electron chi connectivity index (χ1n) is 6.91. The first-order chi connectivity index (χ1) is 10.1. The quantitative estimate of drug-likeness (QED) is 0.913. The standard InChI is InChI=1S/C15H18N2O2S2.ClH/c16-9-13-10-17(21(18,19)15-7-4-8-20-15)11-14(13)12-5-2-1-3-6-12;/h1-8,13-14H,9-11,16H2;1H/t13-,14+;/m1./s1. The van der Waals surface area contributed by atoms with E-state index in [2.05, 4.69) is 12.1 Å². The van der Waals surface area contributed by atoms with Crippen LogP contribution in [-0.2, 0) is 10.0 Å². The van der Waals surface area contributed by atoms with E-state index in [1.165, 1.54) is 11.3 Å². The highest BCUT2D eigenvalue weighted by Crippen LogP contribution is 2.35. The van der Waals surface area contributed by atoms with Gasteiger partial charge in [0.2, 0.25) is 0 Å². The van der Waals surface area contributed by atoms with E-state index in [1.54, 1.807) is 21.8 Å². The average molecular weight is 359 g/mol. The van der Waals surface area contributed by atoms with Crippen molar-refractivity contribution in [3.8, 4) is 0 Å². The molecular formula is C15H19ClN2O2S2. The molecule has 1 fully saturated rings. The number of halogens is 1. The summed E-state index contributed by atoms with van der Waals surface area (Å²) in [6.45, 7) is 1.50. The Morgan fingerprint density at radius 3 is 2.45 bits per heavy atom. The zero-order chi connectivity index (χ0) is 14.9. The molecule has 0 aliphatic carbocycles. The van der Waals surface area contributed by atoms with Gasteiger partial charge >= 0.3 is 0 Å². The lowest BCUT2D eigenvalue weighted by Crippen LogP contribution is -2.29. The van der Waals surface area contributed by atoms with Crippen molar-refractivity contribution >= 4 is 33.8 Å². The van der Waals surface area contributed by atoms with Crippen molar-refractivity contribution in [3.63, 3.8) is 0 Å². The summed E-state index contributed by atoms with van der Waals surface area (Å²) in [6, 6.07) is 13.5. The molecule has 0 spiro atoms. The van der Waals surface area contributed by atoms with Crippen molar-refractivity contribution in [1.29, 1.82) is 0 Å². The fourth-order valence-corrected chi connectivity index (χ4v) is 5.55. The zero-order valence-electron chi connectivity index (χ0n) is 12.0. The molecule has 1 saturated heterocycles. The molecule has 2 aromatic rings. The molecule has 1 aliphatic rings. The molecule has 1 aromatic heterocycles. The number of benzene rings is 1. The number of nitrogens with zero attached hydrogens (tertiary/aromatic N) is 1. The third-order valence-corrected chi connectivity index (χ3v) is 7.23. The summed E-state index contributed by atoms with van der Waals surface area (Å²) in [5.41, 5.74) is 7.03. The van der Waals surface area contributed by atoms with Crippen LogP contribution in [0.5, 0.6) is 0 Å². The molecule has 3 rings (SSSR count). The second-order valence-corrected chi connectivity index (χ2v) is 8.38. The lowest BCUT2D eigenvalue weighted by Gasteiger charge is -2.16. The number of hydrogen-bond donors (Lipinski definition) is 1. The minimum Gasteiger partial charge on any atom is -0.330 e. The van der Waals surface area contributed by atoms with Crippen molar-refractivity contribution in [2.24, 2.45) is 11.7 Å². The van der Waals surface area contributed by atoms with E-state index in [0.717, 1.165) is 5.56 Å². The second-order valence-electron chi connectivity index (χ2n) is 5.27. The molecule has 2 atom stereocenters. The van der Waals surface area contributed by atoms with Gasteiger partial charge in [-0.3, -0.25) is 0 Å². The van der Waals surface area contributed by atoms with Crippen LogP contribution in [0.1, 0.15) is 11.5 Å². The van der Waals surface area contributed by atoms with Crippen LogP contribution >= 0.6 is 23.7 Å². The van der Waals surface area contributed by atoms with Gasteiger partial charge in [-0.25, -0.2) is 8.42 Å². The van der Waals surface area contributed by atoms with Crippen LogP contribution in [-0.4, -0.2) is 32.4 Å². The highest BCUT2D eigenvalue weighted by atomic mass is 35.5. The van der Waals surface area contributed by atoms with Gasteiger partial charge in [0.15, 0.2) is 0 Å². The number of rotatable bonds is 4. The molecule has 1 aromatic carbocycles. The smallest absolute Gasteiger partial charge is 0.252 e. The minimum absolute atomic E-state index is 0. The number of nitrogens with two attached hydrogens (primary N) is 1. The van der Waals surface area contributed by atoms with Gasteiger partial charge in [0.1, 0.15) is 4.21 Å². The third-order valence-electron chi connectivity index (χ3n) is 4.03. The van der Waals surface area contributed by atoms with E-state index >= 15 is 0 Å². The summed E-state index contributed by atoms with van der Waals surface area (Å²) in [6.07, 6.45) is 0. The second kappa shape index (κ2) is 7.10. The van der Waals surface area contributed by atoms with Crippen molar-refractivity contribution < 1.29 is 8.42 Å². The Morgan fingerprint density at radius 2 is 1.86 bits per heavy atom. The summed E-state index contributed by atoms with van der Waals surface area (Å²) in [7, 11) is -3.38. The Hall–Kier alpha value is -0.920. The topological polar surface area (TPSA) is 63.4 Å². The van der Waals surface area contributed by atoms with Gasteiger partial charge in [-0.1, -0.05) is 36.4 Å². The van der Waals surface area contributed by atoms with E-state index < -0.39 is 10.0 Å². The van der Waals surface area contributed by atoms with E-state index in [4.69, 9.17) is 5.73 Å². The molecule has 2 heterocycles. The van der Waals surface area contributed by atoms with E-state index in [0.29, 0.717) is 23.8 Å². The number of thiophene rings is 1. The Balaban J connectivity index is 0.00000176. The van der Waals surface area contributed by atoms with Crippen LogP contribution in [0.4, 0.5) is 0 Å². The molecule has 120 valence electrons. The first-order valence-corrected chi connectivity index (χ1v) is 9.23. The molecule has 4 nitrogen and oxygen atoms in total. The predicted molar refractivity (Wildman–Crippen MR) is 92.1 cm³/mol. The van der Waals surface area contributed by atoms with Crippen molar-refractivity contribution in [3.05, 3.63) is 53.4 Å². The normalized spacial score (nSPS) is 22.4. The minimum atomic E-state index is -3.38. The maximum absolute atomic E-state index is 12.6. The van der Waals surface area contributed by atoms with E-state index in [-0.39, 0.29) is 24.2 Å². The van der Waals surface area contributed by atoms with Crippen LogP contribution in [0, 0.1) is 5.92 Å². The van der Waals surface area contributed by atoms with Crippen LogP contribution in [0.15, 0.2) is 52.1 Å². The van der Waals surface area contributed by atoms with Gasteiger partial charge in [-0.2, -0.15) is 4.31 Å². The van der Waals surface area contributed by atoms with E-state index in [9.17, 15) is 8.42 Å². The van der Waals surface area contributed by atoms with Gasteiger partial charge in [0.25, 0.3) is 10.0 Å². The zero-order valence-corrected chi connectivity index (χ0v) is 14.4. The van der Waals surface area contributed by atoms with Crippen molar-refractivity contribution in [1.82, 2.24) is 4.31 Å². The average Bonchev–Trinajstić information content (AvgIpc) is 3.18. The summed E-state index contributed by atoms with van der Waals surface area (Å²) in [4.78, 5) is 0. The molecule has 0 radical (unpaired) electrons. The van der Waals surface area contributed by atoms with Crippen molar-refractivity contribution in [2.45, 2.75) is 10.1 Å². The van der Waals surface area contributed by atoms with Crippen LogP contribution in [0.25, 0.3) is 0 Å². The lowest BCUT2D eigenvalue weighted by atomic mass is 9.89. The molecule has 0 bridgehead atoms. The molecule has 22 heavy (non-hydrogen) atoms. The van der Waals surface area contributed by atoms with Gasteiger partial charge in [0, 0.05) is 19.0 Å². The summed E-state index contributed by atoms with van der Waals surface area (Å²) in [5, 5.41) is 1.79. The summed E-state index contributed by atoms with van der Waals surface area (Å²) < 4.78 is 27.2. The van der Waals surface area contributed by atoms with Gasteiger partial charge in [0.05, 0.1) is 0 Å². The molecule has 0 unspecified atom stereocenters. The fourth-order valence-electron chi connectivity index (χ4n) is 2.88. The SMILES string of the molecule is Cl.NC[C@@H]1CN(S(=O)(=O)c2cccs2)C[C@H]1c1ccccc1. The lowest BCUT2D eigenvalue weighted by molar-refractivity contribution is 0.460. The highest BCUT2D eigenvalue weighted by molar-refractivity contribution is 7.91. The Labute approximate surface area is 141 Å². The third kappa shape index (κ3) is 3.21. The number of hydrogen-bond acceptors (Lipinski definition) is 4. The molecule has 0 saturated carbocycles. The fraction of sp³-hybridized carbons (Fsp3) is 0.333. The van der Waals surface area contributed by atoms with Crippen LogP contribution in [0.2, 0.25) is 0 Å². The molecule has 1 aliphatic heterocycles. The van der Waals surface area contributed by atoms with Crippen LogP contribution < -0.4 is 5.73 Å². The predicted octanol–water partition coefficient (Wildman–Crippen LogP) is 2.53. The van der Waals surface area contributed by atoms with Crippen LogP contribution in [0.3, 0.4) is 0 Å². The van der Waals surface area contributed by atoms with Gasteiger partial charge in [-0.05, 0) is 29.5 Å². The molecule has 7 heteroatoms. The summed E-state index contributed by atoms with van der Waals surface area (Å²) in [5.74, 6) is 0.341. The van der Waals surface area contributed by atoms with Gasteiger partial charge in [-0.15, -0.1) is 23.7 Å². The van der Waals surface area contributed by atoms with E-state index in [1.807, 2.05) is 18.2 Å². The highest BCUT2D eigenvalue weighted by Gasteiger charge is 2.39. The maximum atomic E-state index is 12.6. The molecule has 2 N–H and O–H groups in total. The Bertz CT molecular complexity index is 690. The Kier molecular flexibility index (Phi) is 5.63. The first kappa shape index (κ1) is 17.4.